The highest BCUT2D eigenvalue weighted by atomic mass is 16.6. The third-order valence-corrected chi connectivity index (χ3v) is 2.84. The Kier molecular flexibility index (Phi) is 4.40. The molecule has 0 radical (unpaired) electrons. The average molecular weight is 274 g/mol. The van der Waals surface area contributed by atoms with Gasteiger partial charge in [0.25, 0.3) is 0 Å². The molecule has 5 nitrogen and oxygen atoms in total. The van der Waals surface area contributed by atoms with Gasteiger partial charge in [-0.2, -0.15) is 0 Å². The van der Waals surface area contributed by atoms with Crippen LogP contribution in [0.3, 0.4) is 0 Å². The van der Waals surface area contributed by atoms with Gasteiger partial charge in [0.1, 0.15) is 5.75 Å². The molecular formula is C15H18N2O3. The Morgan fingerprint density at radius 1 is 1.35 bits per heavy atom. The summed E-state index contributed by atoms with van der Waals surface area (Å²) in [6, 6.07) is 9.23. The Bertz CT molecular complexity index is 540. The Hall–Kier alpha value is -2.30. The zero-order chi connectivity index (χ0) is 14.4. The smallest absolute Gasteiger partial charge is 0.352 e. The number of esters is 1. The molecule has 1 heterocycles. The number of ether oxygens (including phenoxy) is 2. The van der Waals surface area contributed by atoms with Crippen molar-refractivity contribution in [3.63, 3.8) is 0 Å². The third-order valence-electron chi connectivity index (χ3n) is 2.84. The largest absolute Gasteiger partial charge is 0.474 e. The summed E-state index contributed by atoms with van der Waals surface area (Å²) in [5.74, 6) is 0.237. The van der Waals surface area contributed by atoms with Crippen LogP contribution in [-0.4, -0.2) is 27.7 Å². The lowest BCUT2D eigenvalue weighted by molar-refractivity contribution is -0.161. The maximum atomic E-state index is 12.2. The quantitative estimate of drug-likeness (QED) is 0.758. The van der Waals surface area contributed by atoms with Crippen LogP contribution in [0.25, 0.3) is 0 Å². The van der Waals surface area contributed by atoms with Gasteiger partial charge < -0.3 is 14.0 Å². The van der Waals surface area contributed by atoms with Gasteiger partial charge in [-0.1, -0.05) is 18.2 Å². The predicted octanol–water partition coefficient (Wildman–Crippen LogP) is 2.28. The summed E-state index contributed by atoms with van der Waals surface area (Å²) in [5, 5.41) is 0. The molecule has 0 saturated carbocycles. The molecule has 106 valence electrons. The van der Waals surface area contributed by atoms with Gasteiger partial charge in [0, 0.05) is 12.4 Å². The Morgan fingerprint density at radius 2 is 2.10 bits per heavy atom. The molecule has 0 amide bonds. The maximum Gasteiger partial charge on any atom is 0.352 e. The standard InChI is InChI=1S/C15H18N2O3/c1-3-19-14(18)15(2,11-17-10-9-16-12-17)20-13-7-5-4-6-8-13/h4-10,12H,3,11H2,1-2H3. The number of carbonyl (C=O) groups excluding carboxylic acids is 1. The van der Waals surface area contributed by atoms with Crippen molar-refractivity contribution in [2.75, 3.05) is 6.61 Å². The first-order valence-electron chi connectivity index (χ1n) is 6.51. The lowest BCUT2D eigenvalue weighted by atomic mass is 10.1. The topological polar surface area (TPSA) is 53.4 Å². The molecule has 1 atom stereocenters. The van der Waals surface area contributed by atoms with E-state index in [1.165, 1.54) is 0 Å². The molecule has 1 unspecified atom stereocenters. The van der Waals surface area contributed by atoms with Crippen molar-refractivity contribution in [2.45, 2.75) is 26.0 Å². The molecule has 5 heteroatoms. The van der Waals surface area contributed by atoms with Gasteiger partial charge in [-0.3, -0.25) is 0 Å². The summed E-state index contributed by atoms with van der Waals surface area (Å²) in [5.41, 5.74) is -1.10. The number of hydrogen-bond donors (Lipinski definition) is 0. The number of hydrogen-bond acceptors (Lipinski definition) is 4. The summed E-state index contributed by atoms with van der Waals surface area (Å²) in [4.78, 5) is 16.2. The van der Waals surface area contributed by atoms with Crippen LogP contribution in [0.2, 0.25) is 0 Å². The highest BCUT2D eigenvalue weighted by molar-refractivity contribution is 5.79. The van der Waals surface area contributed by atoms with Crippen LogP contribution in [-0.2, 0) is 16.1 Å². The van der Waals surface area contributed by atoms with Crippen molar-refractivity contribution in [3.8, 4) is 5.75 Å². The predicted molar refractivity (Wildman–Crippen MR) is 74.3 cm³/mol. The van der Waals surface area contributed by atoms with Gasteiger partial charge in [-0.15, -0.1) is 0 Å². The highest BCUT2D eigenvalue weighted by Crippen LogP contribution is 2.21. The molecule has 0 saturated heterocycles. The summed E-state index contributed by atoms with van der Waals surface area (Å²) in [7, 11) is 0. The minimum atomic E-state index is -1.10. The van der Waals surface area contributed by atoms with Crippen LogP contribution in [0.1, 0.15) is 13.8 Å². The zero-order valence-electron chi connectivity index (χ0n) is 11.7. The molecule has 0 aliphatic heterocycles. The monoisotopic (exact) mass is 274 g/mol. The van der Waals surface area contributed by atoms with Gasteiger partial charge >= 0.3 is 5.97 Å². The Morgan fingerprint density at radius 3 is 2.70 bits per heavy atom. The number of para-hydroxylation sites is 1. The van der Waals surface area contributed by atoms with Crippen molar-refractivity contribution in [1.82, 2.24) is 9.55 Å². The number of imidazole rings is 1. The number of rotatable bonds is 6. The van der Waals surface area contributed by atoms with E-state index >= 15 is 0 Å². The van der Waals surface area contributed by atoms with Crippen molar-refractivity contribution in [2.24, 2.45) is 0 Å². The zero-order valence-corrected chi connectivity index (χ0v) is 11.7. The molecule has 0 N–H and O–H groups in total. The summed E-state index contributed by atoms with van der Waals surface area (Å²) in [6.45, 7) is 4.15. The van der Waals surface area contributed by atoms with E-state index in [0.29, 0.717) is 18.9 Å². The second kappa shape index (κ2) is 6.23. The van der Waals surface area contributed by atoms with Crippen LogP contribution in [0.15, 0.2) is 49.1 Å². The van der Waals surface area contributed by atoms with Gasteiger partial charge in [0.15, 0.2) is 0 Å². The van der Waals surface area contributed by atoms with Crippen LogP contribution >= 0.6 is 0 Å². The first-order chi connectivity index (χ1) is 9.64. The van der Waals surface area contributed by atoms with Crippen LogP contribution in [0.4, 0.5) is 0 Å². The number of aromatic nitrogens is 2. The molecule has 1 aromatic heterocycles. The van der Waals surface area contributed by atoms with Crippen molar-refractivity contribution < 1.29 is 14.3 Å². The van der Waals surface area contributed by atoms with Crippen molar-refractivity contribution in [1.29, 1.82) is 0 Å². The van der Waals surface area contributed by atoms with Crippen LogP contribution < -0.4 is 4.74 Å². The van der Waals surface area contributed by atoms with Gasteiger partial charge in [-0.05, 0) is 26.0 Å². The minimum Gasteiger partial charge on any atom is -0.474 e. The van der Waals surface area contributed by atoms with E-state index in [2.05, 4.69) is 4.98 Å². The second-order valence-corrected chi connectivity index (χ2v) is 4.60. The Balaban J connectivity index is 2.21. The molecule has 0 aliphatic rings. The maximum absolute atomic E-state index is 12.2. The van der Waals surface area contributed by atoms with E-state index in [9.17, 15) is 4.79 Å². The normalized spacial score (nSPS) is 13.5. The minimum absolute atomic E-state index is 0.316. The average Bonchev–Trinajstić information content (AvgIpc) is 2.92. The highest BCUT2D eigenvalue weighted by Gasteiger charge is 2.38. The molecule has 0 bridgehead atoms. The molecule has 20 heavy (non-hydrogen) atoms. The van der Waals surface area contributed by atoms with E-state index < -0.39 is 11.6 Å². The number of nitrogens with zero attached hydrogens (tertiary/aromatic N) is 2. The lowest BCUT2D eigenvalue weighted by Gasteiger charge is -2.28. The van der Waals surface area contributed by atoms with Gasteiger partial charge in [0.05, 0.1) is 19.5 Å². The molecular weight excluding hydrogens is 256 g/mol. The van der Waals surface area contributed by atoms with Crippen LogP contribution in [0.5, 0.6) is 5.75 Å². The second-order valence-electron chi connectivity index (χ2n) is 4.60. The van der Waals surface area contributed by atoms with E-state index in [0.717, 1.165) is 0 Å². The van der Waals surface area contributed by atoms with Crippen molar-refractivity contribution >= 4 is 5.97 Å². The summed E-state index contributed by atoms with van der Waals surface area (Å²) >= 11 is 0. The van der Waals surface area contributed by atoms with Crippen molar-refractivity contribution in [3.05, 3.63) is 49.1 Å². The molecule has 2 aromatic rings. The van der Waals surface area contributed by atoms with Gasteiger partial charge in [-0.25, -0.2) is 9.78 Å². The van der Waals surface area contributed by atoms with E-state index in [-0.39, 0.29) is 0 Å². The van der Waals surface area contributed by atoms with Gasteiger partial charge in [0.2, 0.25) is 5.60 Å². The van der Waals surface area contributed by atoms with E-state index in [4.69, 9.17) is 9.47 Å². The molecule has 2 rings (SSSR count). The summed E-state index contributed by atoms with van der Waals surface area (Å²) in [6.07, 6.45) is 5.09. The first-order valence-corrected chi connectivity index (χ1v) is 6.51. The van der Waals surface area contributed by atoms with E-state index in [1.807, 2.05) is 30.3 Å². The first kappa shape index (κ1) is 14.1. The third kappa shape index (κ3) is 3.38. The fraction of sp³-hybridized carbons (Fsp3) is 0.333. The molecule has 0 spiro atoms. The SMILES string of the molecule is CCOC(=O)C(C)(Cn1ccnc1)Oc1ccccc1. The molecule has 0 fully saturated rings. The summed E-state index contributed by atoms with van der Waals surface area (Å²) < 4.78 is 12.8. The van der Waals surface area contributed by atoms with E-state index in [1.54, 1.807) is 37.1 Å². The fourth-order valence-corrected chi connectivity index (χ4v) is 1.90. The van der Waals surface area contributed by atoms with Crippen LogP contribution in [0, 0.1) is 0 Å². The lowest BCUT2D eigenvalue weighted by Crippen LogP contribution is -2.46. The fourth-order valence-electron chi connectivity index (χ4n) is 1.90. The number of carbonyl (C=O) groups is 1. The molecule has 0 aliphatic carbocycles. The number of benzene rings is 1. The Labute approximate surface area is 118 Å². The molecule has 1 aromatic carbocycles.